The first-order chi connectivity index (χ1) is 14.1. The summed E-state index contributed by atoms with van der Waals surface area (Å²) in [6, 6.07) is 0. The van der Waals surface area contributed by atoms with Crippen molar-refractivity contribution in [2.75, 3.05) is 6.61 Å². The lowest BCUT2D eigenvalue weighted by Gasteiger charge is -2.19. The summed E-state index contributed by atoms with van der Waals surface area (Å²) in [5.41, 5.74) is -1.76. The fraction of sp³-hybridized carbons (Fsp3) is 0.500. The topological polar surface area (TPSA) is 268 Å². The average Bonchev–Trinajstić information content (AvgIpc) is 2.93. The van der Waals surface area contributed by atoms with Crippen LogP contribution >= 0.6 is 35.2 Å². The van der Waals surface area contributed by atoms with Crippen LogP contribution in [0.5, 0.6) is 0 Å². The van der Waals surface area contributed by atoms with E-state index in [-0.39, 0.29) is 11.3 Å². The summed E-state index contributed by atoms with van der Waals surface area (Å²) in [4.78, 5) is 60.8. The second-order valence-corrected chi connectivity index (χ2v) is 10.9. The van der Waals surface area contributed by atoms with Gasteiger partial charge in [0.1, 0.15) is 22.6 Å². The third-order valence-corrected chi connectivity index (χ3v) is 7.83. The number of nitriles is 1. The van der Waals surface area contributed by atoms with Gasteiger partial charge < -0.3 is 29.4 Å². The summed E-state index contributed by atoms with van der Waals surface area (Å²) in [5, 5.41) is 20.3. The highest BCUT2D eigenvalue weighted by Crippen LogP contribution is 2.66. The van der Waals surface area contributed by atoms with Gasteiger partial charge in [-0.3, -0.25) is 18.9 Å². The van der Waals surface area contributed by atoms with E-state index in [2.05, 4.69) is 13.1 Å². The third-order valence-electron chi connectivity index (χ3n) is 3.42. The van der Waals surface area contributed by atoms with Gasteiger partial charge in [0.25, 0.3) is 5.56 Å². The lowest BCUT2D eigenvalue weighted by Crippen LogP contribution is -2.33. The SMILES string of the molecule is N#CSc1cn([C@H]2C[C@H](O)[C@@H](COP(=O)(O)OP(=O)(O)OP(=O)(O)O)O2)c(=O)[nH]c1=O. The molecule has 2 rings (SSSR count). The molecule has 0 aromatic carbocycles. The molecular weight excluding hydrogens is 511 g/mol. The first-order valence-corrected chi connectivity index (χ1v) is 13.0. The van der Waals surface area contributed by atoms with E-state index < -0.39 is 59.8 Å². The van der Waals surface area contributed by atoms with Gasteiger partial charge in [-0.1, -0.05) is 0 Å². The van der Waals surface area contributed by atoms with Crippen molar-refractivity contribution in [3.8, 4) is 5.40 Å². The number of hydrogen-bond acceptors (Lipinski definition) is 12. The zero-order valence-corrected chi connectivity index (χ0v) is 18.3. The molecule has 174 valence electrons. The highest BCUT2D eigenvalue weighted by molar-refractivity contribution is 8.03. The van der Waals surface area contributed by atoms with Crippen LogP contribution in [0.3, 0.4) is 0 Å². The first-order valence-electron chi connectivity index (χ1n) is 7.66. The maximum absolute atomic E-state index is 12.0. The minimum atomic E-state index is -5.71. The number of hydrogen-bond donors (Lipinski definition) is 6. The van der Waals surface area contributed by atoms with Crippen LogP contribution in [0, 0.1) is 10.7 Å². The first kappa shape index (κ1) is 26.1. The Morgan fingerprint density at radius 1 is 1.23 bits per heavy atom. The van der Waals surface area contributed by atoms with Gasteiger partial charge in [0.05, 0.1) is 12.7 Å². The maximum atomic E-state index is 12.0. The van der Waals surface area contributed by atoms with Crippen LogP contribution < -0.4 is 11.2 Å². The molecule has 0 radical (unpaired) electrons. The smallest absolute Gasteiger partial charge is 0.390 e. The van der Waals surface area contributed by atoms with E-state index in [0.29, 0.717) is 11.8 Å². The van der Waals surface area contributed by atoms with E-state index in [9.17, 15) is 33.3 Å². The Bertz CT molecular complexity index is 1120. The molecule has 1 aliphatic heterocycles. The molecular formula is C10H14N3O14P3S. The minimum absolute atomic E-state index is 0.142. The summed E-state index contributed by atoms with van der Waals surface area (Å²) >= 11 is 0.463. The predicted molar refractivity (Wildman–Crippen MR) is 97.1 cm³/mol. The number of aliphatic hydroxyl groups is 1. The molecule has 17 nitrogen and oxygen atoms in total. The summed E-state index contributed by atoms with van der Waals surface area (Å²) in [5.74, 6) is 0. The quantitative estimate of drug-likeness (QED) is 0.129. The molecule has 21 heteroatoms. The zero-order chi connectivity index (χ0) is 23.6. The van der Waals surface area contributed by atoms with Crippen LogP contribution in [0.25, 0.3) is 0 Å². The Kier molecular flexibility index (Phi) is 8.23. The standard InChI is InChI=1S/C10H14N3O14P3S/c11-4-31-7-2-13(10(16)12-9(7)15)8-1-5(14)6(25-8)3-24-29(20,21)27-30(22,23)26-28(17,18)19/h2,5-6,8,14H,1,3H2,(H,20,21)(H,22,23)(H,12,15,16)(H2,17,18,19)/t5-,6+,8+/m0/s1. The molecule has 1 saturated heterocycles. The maximum Gasteiger partial charge on any atom is 0.490 e. The number of phosphoric acid groups is 3. The van der Waals surface area contributed by atoms with Crippen LogP contribution in [-0.4, -0.2) is 53.0 Å². The summed E-state index contributed by atoms with van der Waals surface area (Å²) in [6.07, 6.45) is -3.19. The van der Waals surface area contributed by atoms with E-state index in [0.717, 1.165) is 10.8 Å². The molecule has 6 N–H and O–H groups in total. The Hall–Kier alpha value is -1.15. The van der Waals surface area contributed by atoms with Gasteiger partial charge in [0.2, 0.25) is 0 Å². The van der Waals surface area contributed by atoms with E-state index in [1.54, 1.807) is 5.40 Å². The minimum Gasteiger partial charge on any atom is -0.390 e. The number of rotatable bonds is 9. The predicted octanol–water partition coefficient (Wildman–Crippen LogP) is -0.899. The van der Waals surface area contributed by atoms with E-state index in [1.165, 1.54) is 0 Å². The number of thiocyanates is 1. The van der Waals surface area contributed by atoms with Crippen molar-refractivity contribution in [3.05, 3.63) is 27.0 Å². The van der Waals surface area contributed by atoms with Gasteiger partial charge in [0, 0.05) is 12.6 Å². The van der Waals surface area contributed by atoms with Crippen molar-refractivity contribution in [2.45, 2.75) is 29.8 Å². The number of aromatic amines is 1. The fourth-order valence-electron chi connectivity index (χ4n) is 2.31. The lowest BCUT2D eigenvalue weighted by molar-refractivity contribution is -0.0452. The van der Waals surface area contributed by atoms with Gasteiger partial charge in [-0.2, -0.15) is 13.9 Å². The van der Waals surface area contributed by atoms with Crippen molar-refractivity contribution >= 4 is 35.2 Å². The monoisotopic (exact) mass is 525 g/mol. The average molecular weight is 525 g/mol. The van der Waals surface area contributed by atoms with Crippen molar-refractivity contribution in [3.63, 3.8) is 0 Å². The van der Waals surface area contributed by atoms with Gasteiger partial charge in [-0.15, -0.1) is 0 Å². The number of nitrogens with one attached hydrogen (secondary N) is 1. The number of aromatic nitrogens is 2. The van der Waals surface area contributed by atoms with Gasteiger partial charge in [0.15, 0.2) is 0 Å². The van der Waals surface area contributed by atoms with Crippen LogP contribution in [-0.2, 0) is 31.6 Å². The molecule has 1 aliphatic rings. The number of thioether (sulfide) groups is 1. The van der Waals surface area contributed by atoms with Crippen molar-refractivity contribution in [1.82, 2.24) is 9.55 Å². The second-order valence-electron chi connectivity index (χ2n) is 5.67. The molecule has 1 aromatic rings. The van der Waals surface area contributed by atoms with Gasteiger partial charge in [-0.05, 0) is 11.8 Å². The molecule has 0 spiro atoms. The Labute approximate surface area is 175 Å². The summed E-state index contributed by atoms with van der Waals surface area (Å²) in [6.45, 7) is -0.931. The van der Waals surface area contributed by atoms with E-state index >= 15 is 0 Å². The number of nitrogens with zero attached hydrogens (tertiary/aromatic N) is 2. The van der Waals surface area contributed by atoms with Crippen LogP contribution in [0.2, 0.25) is 0 Å². The summed E-state index contributed by atoms with van der Waals surface area (Å²) in [7, 11) is -16.7. The molecule has 0 amide bonds. The molecule has 0 bridgehead atoms. The highest BCUT2D eigenvalue weighted by Gasteiger charge is 2.43. The number of ether oxygens (including phenoxy) is 1. The van der Waals surface area contributed by atoms with Gasteiger partial charge >= 0.3 is 29.2 Å². The van der Waals surface area contributed by atoms with Gasteiger partial charge in [-0.25, -0.2) is 18.5 Å². The normalized spacial score (nSPS) is 25.5. The molecule has 5 atom stereocenters. The molecule has 1 aromatic heterocycles. The Morgan fingerprint density at radius 3 is 2.45 bits per heavy atom. The molecule has 1 fully saturated rings. The molecule has 2 heterocycles. The third kappa shape index (κ3) is 7.74. The van der Waals surface area contributed by atoms with E-state index in [4.69, 9.17) is 24.7 Å². The number of aliphatic hydroxyl groups excluding tert-OH is 1. The Morgan fingerprint density at radius 2 is 1.87 bits per heavy atom. The number of H-pyrrole nitrogens is 1. The van der Waals surface area contributed by atoms with Crippen LogP contribution in [0.15, 0.2) is 20.7 Å². The van der Waals surface area contributed by atoms with E-state index in [1.807, 2.05) is 4.98 Å². The van der Waals surface area contributed by atoms with Crippen molar-refractivity contribution in [1.29, 1.82) is 5.26 Å². The largest absolute Gasteiger partial charge is 0.490 e. The van der Waals surface area contributed by atoms with Crippen LogP contribution in [0.1, 0.15) is 12.6 Å². The highest BCUT2D eigenvalue weighted by atomic mass is 32.2. The number of phosphoric ester groups is 1. The summed E-state index contributed by atoms with van der Waals surface area (Å²) < 4.78 is 51.2. The van der Waals surface area contributed by atoms with Crippen molar-refractivity contribution in [2.24, 2.45) is 0 Å². The molecule has 2 unspecified atom stereocenters. The lowest BCUT2D eigenvalue weighted by atomic mass is 10.2. The fourth-order valence-corrected chi connectivity index (χ4v) is 5.75. The van der Waals surface area contributed by atoms with Crippen LogP contribution in [0.4, 0.5) is 0 Å². The van der Waals surface area contributed by atoms with Crippen molar-refractivity contribution < 1.29 is 56.3 Å². The Balaban J connectivity index is 2.07. The molecule has 31 heavy (non-hydrogen) atoms. The molecule has 0 saturated carbocycles. The zero-order valence-electron chi connectivity index (χ0n) is 14.8. The molecule has 0 aliphatic carbocycles. The second kappa shape index (κ2) is 9.77.